The molecule has 40 heavy (non-hydrogen) atoms. The molecule has 9 N–H and O–H groups in total. The van der Waals surface area contributed by atoms with Gasteiger partial charge in [-0.05, 0) is 42.9 Å². The molecule has 4 unspecified atom stereocenters. The van der Waals surface area contributed by atoms with Gasteiger partial charge in [0.15, 0.2) is 0 Å². The molecule has 0 radical (unpaired) electrons. The molecule has 0 saturated carbocycles. The lowest BCUT2D eigenvalue weighted by molar-refractivity contribution is -0.143. The van der Waals surface area contributed by atoms with Crippen LogP contribution in [0.4, 0.5) is 0 Å². The molecule has 14 nitrogen and oxygen atoms in total. The fourth-order valence-corrected chi connectivity index (χ4v) is 3.86. The van der Waals surface area contributed by atoms with Gasteiger partial charge in [-0.1, -0.05) is 26.0 Å². The summed E-state index contributed by atoms with van der Waals surface area (Å²) >= 11 is 0. The second-order valence-corrected chi connectivity index (χ2v) is 9.84. The third-order valence-corrected chi connectivity index (χ3v) is 5.94. The number of phenols is 1. The number of nitrogens with one attached hydrogen (secondary N) is 4. The maximum absolute atomic E-state index is 13.4. The monoisotopic (exact) mass is 560 g/mol. The van der Waals surface area contributed by atoms with Gasteiger partial charge in [-0.25, -0.2) is 9.78 Å². The van der Waals surface area contributed by atoms with Crippen LogP contribution in [-0.4, -0.2) is 79.1 Å². The van der Waals surface area contributed by atoms with Crippen molar-refractivity contribution >= 4 is 29.7 Å². The number of imidazole rings is 1. The number of phenolic OH excluding ortho intramolecular Hbond substituents is 1. The number of aromatic amines is 1. The van der Waals surface area contributed by atoms with E-state index < -0.39 is 60.2 Å². The summed E-state index contributed by atoms with van der Waals surface area (Å²) in [4.78, 5) is 68.5. The molecular formula is C26H36N6O8. The summed E-state index contributed by atoms with van der Waals surface area (Å²) < 4.78 is 0. The van der Waals surface area contributed by atoms with Crippen molar-refractivity contribution in [2.75, 3.05) is 0 Å². The minimum atomic E-state index is -1.46. The van der Waals surface area contributed by atoms with E-state index >= 15 is 0 Å². The number of hydrogen-bond acceptors (Lipinski definition) is 8. The molecule has 3 amide bonds. The van der Waals surface area contributed by atoms with E-state index in [1.807, 2.05) is 0 Å². The lowest BCUT2D eigenvalue weighted by Gasteiger charge is -2.26. The molecular weight excluding hydrogens is 524 g/mol. The number of rotatable bonds is 16. The number of hydrogen-bond donors (Lipinski definition) is 8. The van der Waals surface area contributed by atoms with Gasteiger partial charge in [0, 0.05) is 24.7 Å². The normalized spacial score (nSPS) is 14.0. The van der Waals surface area contributed by atoms with Crippen molar-refractivity contribution in [2.24, 2.45) is 11.7 Å². The van der Waals surface area contributed by atoms with E-state index in [9.17, 15) is 34.2 Å². The van der Waals surface area contributed by atoms with E-state index in [2.05, 4.69) is 25.9 Å². The van der Waals surface area contributed by atoms with E-state index in [1.165, 1.54) is 24.7 Å². The third kappa shape index (κ3) is 10.7. The lowest BCUT2D eigenvalue weighted by Crippen LogP contribution is -2.58. The van der Waals surface area contributed by atoms with Gasteiger partial charge in [-0.15, -0.1) is 0 Å². The van der Waals surface area contributed by atoms with Gasteiger partial charge in [-0.2, -0.15) is 0 Å². The molecule has 218 valence electrons. The molecule has 4 atom stereocenters. The van der Waals surface area contributed by atoms with Crippen LogP contribution in [0, 0.1) is 5.92 Å². The van der Waals surface area contributed by atoms with Gasteiger partial charge >= 0.3 is 11.9 Å². The maximum atomic E-state index is 13.4. The predicted molar refractivity (Wildman–Crippen MR) is 142 cm³/mol. The van der Waals surface area contributed by atoms with Crippen LogP contribution in [0.1, 0.15) is 44.4 Å². The number of carboxylic acid groups (broad SMARTS) is 2. The highest BCUT2D eigenvalue weighted by atomic mass is 16.4. The summed E-state index contributed by atoms with van der Waals surface area (Å²) in [6.45, 7) is 3.61. The zero-order valence-corrected chi connectivity index (χ0v) is 22.3. The molecule has 2 aromatic rings. The average Bonchev–Trinajstić information content (AvgIpc) is 3.39. The van der Waals surface area contributed by atoms with Crippen LogP contribution in [0.25, 0.3) is 0 Å². The third-order valence-electron chi connectivity index (χ3n) is 5.94. The smallest absolute Gasteiger partial charge is 0.326 e. The van der Waals surface area contributed by atoms with Crippen LogP contribution in [-0.2, 0) is 36.8 Å². The topological polar surface area (TPSA) is 237 Å². The molecule has 14 heteroatoms. The van der Waals surface area contributed by atoms with E-state index in [0.717, 1.165) is 0 Å². The number of nitrogens with two attached hydrogens (primary N) is 1. The number of benzene rings is 1. The maximum Gasteiger partial charge on any atom is 0.326 e. The first kappa shape index (κ1) is 31.8. The largest absolute Gasteiger partial charge is 0.508 e. The minimum Gasteiger partial charge on any atom is -0.508 e. The van der Waals surface area contributed by atoms with Gasteiger partial charge < -0.3 is 42.0 Å². The predicted octanol–water partition coefficient (Wildman–Crippen LogP) is -0.322. The Morgan fingerprint density at radius 1 is 0.900 bits per heavy atom. The number of carbonyl (C=O) groups is 5. The molecule has 1 heterocycles. The second-order valence-electron chi connectivity index (χ2n) is 9.84. The number of nitrogens with zero attached hydrogens (tertiary/aromatic N) is 1. The molecule has 0 saturated heterocycles. The zero-order chi connectivity index (χ0) is 29.8. The Bertz CT molecular complexity index is 1150. The number of carboxylic acids is 2. The quantitative estimate of drug-likeness (QED) is 0.133. The highest BCUT2D eigenvalue weighted by Gasteiger charge is 2.31. The molecule has 0 aliphatic carbocycles. The van der Waals surface area contributed by atoms with E-state index in [1.54, 1.807) is 26.0 Å². The molecule has 0 aliphatic heterocycles. The zero-order valence-electron chi connectivity index (χ0n) is 22.3. The van der Waals surface area contributed by atoms with Gasteiger partial charge in [-0.3, -0.25) is 19.2 Å². The SMILES string of the molecule is CC(C)CC(NC(=O)C(Cc1cnc[nH]1)NC(=O)C(N)Cc1ccc(O)cc1)C(=O)NC(CCC(=O)O)C(=O)O. The van der Waals surface area contributed by atoms with Crippen molar-refractivity contribution in [2.45, 2.75) is 70.1 Å². The second kappa shape index (κ2) is 15.2. The van der Waals surface area contributed by atoms with Crippen molar-refractivity contribution in [3.8, 4) is 5.75 Å². The molecule has 0 spiro atoms. The van der Waals surface area contributed by atoms with Crippen molar-refractivity contribution in [1.29, 1.82) is 0 Å². The molecule has 1 aromatic heterocycles. The highest BCUT2D eigenvalue weighted by Crippen LogP contribution is 2.12. The Labute approximate surface area is 230 Å². The van der Waals surface area contributed by atoms with Crippen LogP contribution >= 0.6 is 0 Å². The van der Waals surface area contributed by atoms with Crippen molar-refractivity contribution in [3.05, 3.63) is 48.0 Å². The van der Waals surface area contributed by atoms with E-state index in [0.29, 0.717) is 11.3 Å². The van der Waals surface area contributed by atoms with Crippen LogP contribution in [0.2, 0.25) is 0 Å². The summed E-state index contributed by atoms with van der Waals surface area (Å²) in [6.07, 6.45) is 2.35. The Balaban J connectivity index is 2.17. The van der Waals surface area contributed by atoms with E-state index in [4.69, 9.17) is 10.8 Å². The number of aliphatic carboxylic acids is 2. The van der Waals surface area contributed by atoms with Gasteiger partial charge in [0.2, 0.25) is 17.7 Å². The Morgan fingerprint density at radius 3 is 2.05 bits per heavy atom. The average molecular weight is 561 g/mol. The van der Waals surface area contributed by atoms with Crippen LogP contribution in [0.3, 0.4) is 0 Å². The van der Waals surface area contributed by atoms with Crippen LogP contribution < -0.4 is 21.7 Å². The number of aromatic hydroxyl groups is 1. The number of aromatic nitrogens is 2. The molecule has 0 aliphatic rings. The number of H-pyrrole nitrogens is 1. The Hall–Kier alpha value is -4.46. The standard InChI is InChI=1S/C26H36N6O8/c1-14(2)9-20(24(37)30-19(26(39)40)7-8-22(34)35)32-25(38)21(11-16-12-28-13-29-16)31-23(36)18(27)10-15-3-5-17(33)6-4-15/h3-6,12-14,18-21,33H,7-11,27H2,1-2H3,(H,28,29)(H,30,37)(H,31,36)(H,32,38)(H,34,35)(H,39,40). The lowest BCUT2D eigenvalue weighted by atomic mass is 10.0. The van der Waals surface area contributed by atoms with Gasteiger partial charge in [0.1, 0.15) is 23.9 Å². The van der Waals surface area contributed by atoms with Crippen molar-refractivity contribution < 1.29 is 39.3 Å². The van der Waals surface area contributed by atoms with Crippen molar-refractivity contribution in [1.82, 2.24) is 25.9 Å². The summed E-state index contributed by atoms with van der Waals surface area (Å²) in [5, 5.41) is 35.2. The first-order valence-corrected chi connectivity index (χ1v) is 12.7. The fraction of sp³-hybridized carbons (Fsp3) is 0.462. The number of carbonyl (C=O) groups excluding carboxylic acids is 3. The van der Waals surface area contributed by atoms with Crippen molar-refractivity contribution in [3.63, 3.8) is 0 Å². The molecule has 0 fully saturated rings. The van der Waals surface area contributed by atoms with Gasteiger partial charge in [0.05, 0.1) is 12.4 Å². The summed E-state index contributed by atoms with van der Waals surface area (Å²) in [5.41, 5.74) is 7.29. The number of amides is 3. The summed E-state index contributed by atoms with van der Waals surface area (Å²) in [6, 6.07) is 1.35. The Morgan fingerprint density at radius 2 is 1.50 bits per heavy atom. The molecule has 1 aromatic carbocycles. The Kier molecular flexibility index (Phi) is 12.1. The van der Waals surface area contributed by atoms with Crippen LogP contribution in [0.15, 0.2) is 36.8 Å². The first-order valence-electron chi connectivity index (χ1n) is 12.7. The highest BCUT2D eigenvalue weighted by molar-refractivity contribution is 5.94. The summed E-state index contributed by atoms with van der Waals surface area (Å²) in [5.74, 6) is -4.78. The molecule has 2 rings (SSSR count). The first-order chi connectivity index (χ1) is 18.8. The van der Waals surface area contributed by atoms with E-state index in [-0.39, 0.29) is 37.4 Å². The minimum absolute atomic E-state index is 0.00408. The van der Waals surface area contributed by atoms with Gasteiger partial charge in [0.25, 0.3) is 0 Å². The summed E-state index contributed by atoms with van der Waals surface area (Å²) in [7, 11) is 0. The fourth-order valence-electron chi connectivity index (χ4n) is 3.86. The molecule has 0 bridgehead atoms. The van der Waals surface area contributed by atoms with Crippen LogP contribution in [0.5, 0.6) is 5.75 Å².